The quantitative estimate of drug-likeness (QED) is 0.378. The molecule has 24 heavy (non-hydrogen) atoms. The van der Waals surface area contributed by atoms with E-state index in [-0.39, 0.29) is 16.6 Å². The van der Waals surface area contributed by atoms with Crippen LogP contribution >= 0.6 is 23.1 Å². The van der Waals surface area contributed by atoms with E-state index in [1.807, 2.05) is 62.4 Å². The molecule has 0 aliphatic carbocycles. The van der Waals surface area contributed by atoms with Gasteiger partial charge in [0.2, 0.25) is 0 Å². The summed E-state index contributed by atoms with van der Waals surface area (Å²) in [5, 5.41) is 20.5. The number of para-hydroxylation sites is 1. The number of aliphatic hydroxyl groups is 1. The molecule has 120 valence electrons. The number of fused-ring (bicyclic) bond motifs is 1. The zero-order valence-corrected chi connectivity index (χ0v) is 15.0. The average Bonchev–Trinajstić information content (AvgIpc) is 3.01. The summed E-state index contributed by atoms with van der Waals surface area (Å²) in [6.07, 6.45) is 0. The molecule has 0 saturated heterocycles. The molecule has 0 bridgehead atoms. The van der Waals surface area contributed by atoms with E-state index in [2.05, 4.69) is 11.1 Å². The lowest BCUT2D eigenvalue weighted by atomic mass is 10.2. The molecule has 3 nitrogen and oxygen atoms in total. The van der Waals surface area contributed by atoms with Crippen LogP contribution in [-0.4, -0.2) is 15.3 Å². The monoisotopic (exact) mass is 352 g/mol. The standard InChI is InChI=1S/C19H16N2OS2/c1-12-7-3-5-9-16(12)23-13(2)18(22)14(11-20)19-21-15-8-4-6-10-17(15)24-19/h3-10,13,22H,1-2H3/b18-14+. The Kier molecular flexibility index (Phi) is 4.89. The number of benzene rings is 2. The number of thiazole rings is 1. The van der Waals surface area contributed by atoms with E-state index in [1.54, 1.807) is 11.8 Å². The van der Waals surface area contributed by atoms with E-state index in [0.29, 0.717) is 5.01 Å². The molecule has 0 radical (unpaired) electrons. The lowest BCUT2D eigenvalue weighted by Gasteiger charge is -2.13. The molecule has 1 N–H and O–H groups in total. The normalized spacial score (nSPS) is 13.4. The summed E-state index contributed by atoms with van der Waals surface area (Å²) >= 11 is 2.97. The minimum absolute atomic E-state index is 0.0739. The molecule has 1 unspecified atom stereocenters. The van der Waals surface area contributed by atoms with Crippen LogP contribution in [0.5, 0.6) is 0 Å². The summed E-state index contributed by atoms with van der Waals surface area (Å²) in [4.78, 5) is 5.58. The van der Waals surface area contributed by atoms with Gasteiger partial charge in [0.05, 0.1) is 15.5 Å². The minimum atomic E-state index is -0.229. The molecule has 0 fully saturated rings. The molecule has 1 atom stereocenters. The van der Waals surface area contributed by atoms with Crippen molar-refractivity contribution in [3.05, 3.63) is 64.9 Å². The van der Waals surface area contributed by atoms with E-state index in [9.17, 15) is 10.4 Å². The third-order valence-electron chi connectivity index (χ3n) is 3.66. The summed E-state index contributed by atoms with van der Waals surface area (Å²) in [5.74, 6) is 0.0739. The van der Waals surface area contributed by atoms with Crippen LogP contribution in [0.1, 0.15) is 17.5 Å². The Bertz CT molecular complexity index is 920. The van der Waals surface area contributed by atoms with Gasteiger partial charge in [-0.3, -0.25) is 0 Å². The number of hydrogen-bond acceptors (Lipinski definition) is 5. The van der Waals surface area contributed by atoms with Crippen LogP contribution < -0.4 is 0 Å². The fraction of sp³-hybridized carbons (Fsp3) is 0.158. The van der Waals surface area contributed by atoms with Crippen molar-refractivity contribution in [1.29, 1.82) is 5.26 Å². The molecular formula is C19H16N2OS2. The average molecular weight is 352 g/mol. The van der Waals surface area contributed by atoms with Gasteiger partial charge in [-0.15, -0.1) is 23.1 Å². The summed E-state index contributed by atoms with van der Waals surface area (Å²) < 4.78 is 1.01. The molecule has 0 saturated carbocycles. The highest BCUT2D eigenvalue weighted by Crippen LogP contribution is 2.34. The molecule has 1 heterocycles. The fourth-order valence-electron chi connectivity index (χ4n) is 2.33. The van der Waals surface area contributed by atoms with Gasteiger partial charge >= 0.3 is 0 Å². The number of aromatic nitrogens is 1. The lowest BCUT2D eigenvalue weighted by Crippen LogP contribution is -2.04. The smallest absolute Gasteiger partial charge is 0.138 e. The van der Waals surface area contributed by atoms with Gasteiger partial charge in [0, 0.05) is 4.90 Å². The Morgan fingerprint density at radius 3 is 2.62 bits per heavy atom. The van der Waals surface area contributed by atoms with Crippen molar-refractivity contribution in [2.24, 2.45) is 0 Å². The van der Waals surface area contributed by atoms with E-state index in [0.717, 1.165) is 20.7 Å². The van der Waals surface area contributed by atoms with Crippen LogP contribution in [0, 0.1) is 18.3 Å². The number of nitrogens with zero attached hydrogens (tertiary/aromatic N) is 2. The first-order valence-corrected chi connectivity index (χ1v) is 9.21. The first kappa shape index (κ1) is 16.6. The second-order valence-corrected chi connectivity index (χ2v) is 7.80. The molecule has 3 aromatic rings. The van der Waals surface area contributed by atoms with Crippen molar-refractivity contribution in [3.8, 4) is 6.07 Å². The molecule has 3 rings (SSSR count). The molecule has 0 amide bonds. The van der Waals surface area contributed by atoms with Crippen molar-refractivity contribution in [1.82, 2.24) is 4.98 Å². The number of thioether (sulfide) groups is 1. The zero-order chi connectivity index (χ0) is 17.1. The number of hydrogen-bond donors (Lipinski definition) is 1. The van der Waals surface area contributed by atoms with Crippen LogP contribution in [0.4, 0.5) is 0 Å². The number of allylic oxidation sites excluding steroid dienone is 1. The Morgan fingerprint density at radius 1 is 1.21 bits per heavy atom. The minimum Gasteiger partial charge on any atom is -0.510 e. The second kappa shape index (κ2) is 7.08. The first-order valence-electron chi connectivity index (χ1n) is 7.51. The van der Waals surface area contributed by atoms with E-state index >= 15 is 0 Å². The Hall–Kier alpha value is -2.29. The van der Waals surface area contributed by atoms with E-state index < -0.39 is 0 Å². The maximum Gasteiger partial charge on any atom is 0.138 e. The van der Waals surface area contributed by atoms with Crippen LogP contribution in [0.25, 0.3) is 15.8 Å². The lowest BCUT2D eigenvalue weighted by molar-refractivity contribution is 0.402. The van der Waals surface area contributed by atoms with Gasteiger partial charge in [-0.2, -0.15) is 5.26 Å². The van der Waals surface area contributed by atoms with Crippen molar-refractivity contribution in [2.45, 2.75) is 24.0 Å². The SMILES string of the molecule is Cc1ccccc1SC(C)/C(O)=C(/C#N)c1nc2ccccc2s1. The van der Waals surface area contributed by atoms with Gasteiger partial charge in [-0.05, 0) is 37.6 Å². The number of aryl methyl sites for hydroxylation is 1. The maximum absolute atomic E-state index is 10.6. The van der Waals surface area contributed by atoms with E-state index in [4.69, 9.17) is 0 Å². The summed E-state index contributed by atoms with van der Waals surface area (Å²) in [7, 11) is 0. The van der Waals surface area contributed by atoms with Gasteiger partial charge in [0.1, 0.15) is 22.4 Å². The molecular weight excluding hydrogens is 336 g/mol. The highest BCUT2D eigenvalue weighted by Gasteiger charge is 2.19. The van der Waals surface area contributed by atoms with Gasteiger partial charge in [0.15, 0.2) is 0 Å². The summed E-state index contributed by atoms with van der Waals surface area (Å²) in [6, 6.07) is 17.9. The third kappa shape index (κ3) is 3.30. The maximum atomic E-state index is 10.6. The number of nitriles is 1. The predicted molar refractivity (Wildman–Crippen MR) is 101 cm³/mol. The topological polar surface area (TPSA) is 56.9 Å². The van der Waals surface area contributed by atoms with Crippen molar-refractivity contribution >= 4 is 38.9 Å². The van der Waals surface area contributed by atoms with Crippen LogP contribution in [0.2, 0.25) is 0 Å². The van der Waals surface area contributed by atoms with Crippen molar-refractivity contribution in [3.63, 3.8) is 0 Å². The number of rotatable bonds is 4. The fourth-order valence-corrected chi connectivity index (χ4v) is 4.32. The number of aliphatic hydroxyl groups excluding tert-OH is 1. The summed E-state index contributed by atoms with van der Waals surface area (Å²) in [5.41, 5.74) is 2.25. The van der Waals surface area contributed by atoms with Gasteiger partial charge in [-0.1, -0.05) is 30.3 Å². The summed E-state index contributed by atoms with van der Waals surface area (Å²) in [6.45, 7) is 3.94. The van der Waals surface area contributed by atoms with Gasteiger partial charge in [-0.25, -0.2) is 4.98 Å². The van der Waals surface area contributed by atoms with Crippen molar-refractivity contribution in [2.75, 3.05) is 0 Å². The molecule has 0 aliphatic rings. The van der Waals surface area contributed by atoms with E-state index in [1.165, 1.54) is 11.3 Å². The van der Waals surface area contributed by atoms with Gasteiger partial charge in [0.25, 0.3) is 0 Å². The molecule has 5 heteroatoms. The van der Waals surface area contributed by atoms with Gasteiger partial charge < -0.3 is 5.11 Å². The Labute approximate surface area is 149 Å². The first-order chi connectivity index (χ1) is 11.6. The molecule has 1 aromatic heterocycles. The predicted octanol–water partition coefficient (Wildman–Crippen LogP) is 5.58. The Morgan fingerprint density at radius 2 is 1.92 bits per heavy atom. The zero-order valence-electron chi connectivity index (χ0n) is 13.4. The van der Waals surface area contributed by atoms with Crippen LogP contribution in [-0.2, 0) is 0 Å². The highest BCUT2D eigenvalue weighted by atomic mass is 32.2. The molecule has 0 spiro atoms. The molecule has 0 aliphatic heterocycles. The van der Waals surface area contributed by atoms with Crippen LogP contribution in [0.15, 0.2) is 59.2 Å². The second-order valence-electron chi connectivity index (χ2n) is 5.38. The van der Waals surface area contributed by atoms with Crippen molar-refractivity contribution < 1.29 is 5.11 Å². The largest absolute Gasteiger partial charge is 0.510 e. The third-order valence-corrected chi connectivity index (χ3v) is 6.00. The van der Waals surface area contributed by atoms with Crippen LogP contribution in [0.3, 0.4) is 0 Å². The highest BCUT2D eigenvalue weighted by molar-refractivity contribution is 8.00. The Balaban J connectivity index is 1.95. The molecule has 2 aromatic carbocycles.